The lowest BCUT2D eigenvalue weighted by atomic mass is 9.79. The van der Waals surface area contributed by atoms with E-state index in [0.29, 0.717) is 36.5 Å². The molecule has 1 amide bonds. The molecule has 1 aromatic heterocycles. The number of carbonyl (C=O) groups excluding carboxylic acids is 1. The second kappa shape index (κ2) is 11.3. The molecular weight excluding hydrogens is 601 g/mol. The van der Waals surface area contributed by atoms with Crippen LogP contribution in [0.1, 0.15) is 43.9 Å². The van der Waals surface area contributed by atoms with E-state index in [0.717, 1.165) is 6.07 Å². The van der Waals surface area contributed by atoms with Gasteiger partial charge in [0.15, 0.2) is 0 Å². The number of aromatic nitrogens is 1. The van der Waals surface area contributed by atoms with Crippen LogP contribution in [0.25, 0.3) is 0 Å². The average molecular weight is 618 g/mol. The fourth-order valence-electron chi connectivity index (χ4n) is 4.39. The summed E-state index contributed by atoms with van der Waals surface area (Å²) in [6.45, 7) is 0. The molecule has 4 rings (SSSR count). The van der Waals surface area contributed by atoms with Crippen LogP contribution in [0.3, 0.4) is 0 Å². The van der Waals surface area contributed by atoms with Crippen molar-refractivity contribution in [1.29, 1.82) is 0 Å². The van der Waals surface area contributed by atoms with Gasteiger partial charge < -0.3 is 5.32 Å². The zero-order valence-electron chi connectivity index (χ0n) is 21.3. The minimum atomic E-state index is -5.24. The molecule has 0 fully saturated rings. The van der Waals surface area contributed by atoms with Gasteiger partial charge in [-0.3, -0.25) is 9.78 Å². The first kappa shape index (κ1) is 31.4. The standard InChI is InChI=1S/C29H17F11N2O/c30-21-12-19(11-20(13-21)28(35,36)37)26(14-16-4-2-1-3-5-16,24-9-7-18(15-41-24)27(32,33)34)42-25(43)17-6-8-23(31)22(10-17)29(38,39)40/h1-13,15H,14H2,(H,42,43)/t26-/m1/s1. The summed E-state index contributed by atoms with van der Waals surface area (Å²) >= 11 is 0. The summed E-state index contributed by atoms with van der Waals surface area (Å²) in [6.07, 6.45) is -15.5. The van der Waals surface area contributed by atoms with E-state index in [-0.39, 0.29) is 17.7 Å². The van der Waals surface area contributed by atoms with E-state index in [9.17, 15) is 53.1 Å². The molecule has 0 radical (unpaired) electrons. The molecule has 4 aromatic rings. The molecule has 0 saturated carbocycles. The summed E-state index contributed by atoms with van der Waals surface area (Å²) in [5.41, 5.74) is -8.69. The predicted octanol–water partition coefficient (Wildman–Crippen LogP) is 8.33. The van der Waals surface area contributed by atoms with Crippen molar-refractivity contribution in [3.05, 3.63) is 136 Å². The first-order valence-corrected chi connectivity index (χ1v) is 12.1. The first-order valence-electron chi connectivity index (χ1n) is 12.1. The van der Waals surface area contributed by atoms with E-state index < -0.39 is 81.5 Å². The van der Waals surface area contributed by atoms with E-state index in [1.54, 1.807) is 6.07 Å². The lowest BCUT2D eigenvalue weighted by Gasteiger charge is -2.36. The molecule has 0 aliphatic rings. The van der Waals surface area contributed by atoms with Crippen molar-refractivity contribution in [2.45, 2.75) is 30.5 Å². The van der Waals surface area contributed by atoms with E-state index in [1.165, 1.54) is 24.3 Å². The summed E-state index contributed by atoms with van der Waals surface area (Å²) in [7, 11) is 0. The Hall–Kier alpha value is -4.49. The fraction of sp³-hybridized carbons (Fsp3) is 0.172. The number of carbonyl (C=O) groups is 1. The number of alkyl halides is 9. The molecule has 0 aliphatic carbocycles. The zero-order valence-corrected chi connectivity index (χ0v) is 21.3. The van der Waals surface area contributed by atoms with E-state index in [2.05, 4.69) is 10.3 Å². The highest BCUT2D eigenvalue weighted by atomic mass is 19.4. The summed E-state index contributed by atoms with van der Waals surface area (Å²) < 4.78 is 150. The molecule has 226 valence electrons. The number of nitrogens with one attached hydrogen (secondary N) is 1. The highest BCUT2D eigenvalue weighted by Gasteiger charge is 2.42. The van der Waals surface area contributed by atoms with Crippen LogP contribution in [0.15, 0.2) is 85.1 Å². The number of benzene rings is 3. The molecule has 0 saturated heterocycles. The van der Waals surface area contributed by atoms with Gasteiger partial charge in [0, 0.05) is 18.2 Å². The Labute approximate surface area is 236 Å². The van der Waals surface area contributed by atoms with Crippen LogP contribution in [0, 0.1) is 11.6 Å². The smallest absolute Gasteiger partial charge is 0.337 e. The molecule has 0 unspecified atom stereocenters. The number of amides is 1. The van der Waals surface area contributed by atoms with Crippen molar-refractivity contribution in [1.82, 2.24) is 10.3 Å². The number of rotatable bonds is 6. The van der Waals surface area contributed by atoms with Crippen LogP contribution in [-0.2, 0) is 30.5 Å². The third-order valence-electron chi connectivity index (χ3n) is 6.42. The molecule has 0 spiro atoms. The lowest BCUT2D eigenvalue weighted by Crippen LogP contribution is -2.49. The topological polar surface area (TPSA) is 42.0 Å². The molecule has 43 heavy (non-hydrogen) atoms. The number of nitrogens with zero attached hydrogens (tertiary/aromatic N) is 1. The Balaban J connectivity index is 2.00. The van der Waals surface area contributed by atoms with Gasteiger partial charge in [-0.2, -0.15) is 39.5 Å². The van der Waals surface area contributed by atoms with Crippen LogP contribution in [0.5, 0.6) is 0 Å². The van der Waals surface area contributed by atoms with E-state index >= 15 is 0 Å². The average Bonchev–Trinajstić information content (AvgIpc) is 2.91. The Morgan fingerprint density at radius 3 is 1.86 bits per heavy atom. The van der Waals surface area contributed by atoms with Crippen molar-refractivity contribution in [3.8, 4) is 0 Å². The Morgan fingerprint density at radius 1 is 0.674 bits per heavy atom. The van der Waals surface area contributed by atoms with Crippen molar-refractivity contribution in [2.24, 2.45) is 0 Å². The maximum absolute atomic E-state index is 14.7. The Morgan fingerprint density at radius 2 is 1.30 bits per heavy atom. The molecule has 1 N–H and O–H groups in total. The summed E-state index contributed by atoms with van der Waals surface area (Å²) in [6, 6.07) is 11.0. The fourth-order valence-corrected chi connectivity index (χ4v) is 4.39. The van der Waals surface area contributed by atoms with Gasteiger partial charge in [-0.05, 0) is 59.7 Å². The molecule has 1 heterocycles. The molecule has 14 heteroatoms. The van der Waals surface area contributed by atoms with Crippen molar-refractivity contribution in [2.75, 3.05) is 0 Å². The molecule has 1 atom stereocenters. The van der Waals surface area contributed by atoms with Crippen LogP contribution >= 0.6 is 0 Å². The summed E-state index contributed by atoms with van der Waals surface area (Å²) in [5.74, 6) is -4.56. The van der Waals surface area contributed by atoms with Gasteiger partial charge in [0.25, 0.3) is 5.91 Å². The largest absolute Gasteiger partial charge is 0.419 e. The number of halogens is 11. The van der Waals surface area contributed by atoms with Gasteiger partial charge in [0.2, 0.25) is 0 Å². The first-order chi connectivity index (χ1) is 19.9. The van der Waals surface area contributed by atoms with Crippen LogP contribution in [0.4, 0.5) is 48.3 Å². The highest BCUT2D eigenvalue weighted by Crippen LogP contribution is 2.39. The van der Waals surface area contributed by atoms with Gasteiger partial charge in [-0.25, -0.2) is 8.78 Å². The minimum Gasteiger partial charge on any atom is -0.337 e. The highest BCUT2D eigenvalue weighted by molar-refractivity contribution is 5.95. The van der Waals surface area contributed by atoms with Gasteiger partial charge in [0.05, 0.1) is 22.4 Å². The number of hydrogen-bond acceptors (Lipinski definition) is 2. The summed E-state index contributed by atoms with van der Waals surface area (Å²) in [5, 5.41) is 2.28. The SMILES string of the molecule is O=C(N[C@](Cc1ccccc1)(c1cc(F)cc(C(F)(F)F)c1)c1ccc(C(F)(F)F)cn1)c1ccc(F)c(C(F)(F)F)c1. The number of pyridine rings is 1. The Kier molecular flexibility index (Phi) is 8.27. The van der Waals surface area contributed by atoms with Gasteiger partial charge >= 0.3 is 18.5 Å². The minimum absolute atomic E-state index is 0.147. The molecular formula is C29H17F11N2O. The molecule has 0 bridgehead atoms. The van der Waals surface area contributed by atoms with Gasteiger partial charge in [0.1, 0.15) is 17.2 Å². The van der Waals surface area contributed by atoms with Crippen molar-refractivity contribution >= 4 is 5.91 Å². The van der Waals surface area contributed by atoms with E-state index in [1.807, 2.05) is 0 Å². The molecule has 3 aromatic carbocycles. The lowest BCUT2D eigenvalue weighted by molar-refractivity contribution is -0.140. The number of hydrogen-bond donors (Lipinski definition) is 1. The van der Waals surface area contributed by atoms with Gasteiger partial charge in [-0.15, -0.1) is 0 Å². The van der Waals surface area contributed by atoms with Crippen molar-refractivity contribution < 1.29 is 53.1 Å². The Bertz CT molecular complexity index is 1610. The van der Waals surface area contributed by atoms with Crippen LogP contribution in [0.2, 0.25) is 0 Å². The van der Waals surface area contributed by atoms with Crippen LogP contribution < -0.4 is 5.32 Å². The maximum atomic E-state index is 14.7. The molecule has 0 aliphatic heterocycles. The van der Waals surface area contributed by atoms with Crippen molar-refractivity contribution in [3.63, 3.8) is 0 Å². The third kappa shape index (κ3) is 6.95. The maximum Gasteiger partial charge on any atom is 0.419 e. The second-order valence-corrected chi connectivity index (χ2v) is 9.37. The quantitative estimate of drug-likeness (QED) is 0.221. The van der Waals surface area contributed by atoms with Gasteiger partial charge in [-0.1, -0.05) is 30.3 Å². The normalized spacial score (nSPS) is 13.8. The van der Waals surface area contributed by atoms with Crippen LogP contribution in [-0.4, -0.2) is 10.9 Å². The zero-order chi connectivity index (χ0) is 31.8. The molecule has 3 nitrogen and oxygen atoms in total. The predicted molar refractivity (Wildman–Crippen MR) is 130 cm³/mol. The van der Waals surface area contributed by atoms with E-state index in [4.69, 9.17) is 0 Å². The second-order valence-electron chi connectivity index (χ2n) is 9.37. The third-order valence-corrected chi connectivity index (χ3v) is 6.42. The monoisotopic (exact) mass is 618 g/mol. The summed E-state index contributed by atoms with van der Waals surface area (Å²) in [4.78, 5) is 17.2.